The predicted molar refractivity (Wildman–Crippen MR) is 154 cm³/mol. The van der Waals surface area contributed by atoms with Crippen molar-refractivity contribution in [2.75, 3.05) is 5.32 Å². The van der Waals surface area contributed by atoms with Gasteiger partial charge in [0.25, 0.3) is 0 Å². The first kappa shape index (κ1) is 27.6. The van der Waals surface area contributed by atoms with Crippen LogP contribution in [0.5, 0.6) is 0 Å². The van der Waals surface area contributed by atoms with Crippen molar-refractivity contribution in [3.8, 4) is 0 Å². The smallest absolute Gasteiger partial charge is 0.318 e. The van der Waals surface area contributed by atoms with Crippen LogP contribution in [-0.2, 0) is 0 Å². The Bertz CT molecular complexity index is 1190. The molecule has 5 nitrogen and oxygen atoms in total. The third-order valence-electron chi connectivity index (χ3n) is 8.28. The zero-order valence-corrected chi connectivity index (χ0v) is 23.2. The van der Waals surface area contributed by atoms with E-state index >= 15 is 0 Å². The zero-order valence-electron chi connectivity index (χ0n) is 23.2. The molecule has 3 N–H and O–H groups in total. The van der Waals surface area contributed by atoms with Crippen molar-refractivity contribution in [3.63, 3.8) is 0 Å². The minimum absolute atomic E-state index is 0.0303. The largest absolute Gasteiger partial charge is 0.355 e. The number of anilines is 1. The van der Waals surface area contributed by atoms with Gasteiger partial charge in [0.05, 0.1) is 6.04 Å². The number of carbonyl (C=O) groups is 1. The van der Waals surface area contributed by atoms with Crippen molar-refractivity contribution in [2.24, 2.45) is 11.3 Å². The van der Waals surface area contributed by atoms with Crippen LogP contribution >= 0.6 is 0 Å². The van der Waals surface area contributed by atoms with Crippen molar-refractivity contribution in [1.82, 2.24) is 10.2 Å². The lowest BCUT2D eigenvalue weighted by Gasteiger charge is -2.39. The summed E-state index contributed by atoms with van der Waals surface area (Å²) in [7, 11) is 0. The minimum Gasteiger partial charge on any atom is -0.355 e. The van der Waals surface area contributed by atoms with E-state index in [2.05, 4.69) is 63.5 Å². The fraction of sp³-hybridized carbons (Fsp3) is 0.438. The number of halogens is 1. The molecule has 1 unspecified atom stereocenters. The van der Waals surface area contributed by atoms with Crippen LogP contribution in [0.2, 0.25) is 0 Å². The van der Waals surface area contributed by atoms with E-state index < -0.39 is 0 Å². The average molecular weight is 517 g/mol. The lowest BCUT2D eigenvalue weighted by atomic mass is 9.67. The van der Waals surface area contributed by atoms with Crippen molar-refractivity contribution in [3.05, 3.63) is 88.9 Å². The molecule has 38 heavy (non-hydrogen) atoms. The number of nitrogens with zero attached hydrogens (tertiary/aromatic N) is 1. The highest BCUT2D eigenvalue weighted by molar-refractivity contribution is 5.81. The quantitative estimate of drug-likeness (QED) is 0.297. The molecule has 2 aromatic rings. The lowest BCUT2D eigenvalue weighted by molar-refractivity contribution is 0.156. The second-order valence-corrected chi connectivity index (χ2v) is 11.5. The molecule has 6 heteroatoms. The van der Waals surface area contributed by atoms with Crippen molar-refractivity contribution >= 4 is 17.9 Å². The van der Waals surface area contributed by atoms with E-state index in [1.807, 2.05) is 23.1 Å². The van der Waals surface area contributed by atoms with E-state index in [-0.39, 0.29) is 35.4 Å². The molecule has 2 aromatic carbocycles. The monoisotopic (exact) mass is 516 g/mol. The van der Waals surface area contributed by atoms with Gasteiger partial charge in [0.2, 0.25) is 0 Å². The summed E-state index contributed by atoms with van der Waals surface area (Å²) in [5.41, 5.74) is 5.07. The van der Waals surface area contributed by atoms with Gasteiger partial charge in [-0.15, -0.1) is 0 Å². The molecule has 0 aliphatic heterocycles. The molecule has 0 radical (unpaired) electrons. The first-order valence-corrected chi connectivity index (χ1v) is 13.7. The lowest BCUT2D eigenvalue weighted by Crippen LogP contribution is -2.49. The molecule has 1 saturated carbocycles. The fourth-order valence-electron chi connectivity index (χ4n) is 6.30. The van der Waals surface area contributed by atoms with Gasteiger partial charge in [-0.3, -0.25) is 0 Å². The third kappa shape index (κ3) is 5.85. The van der Waals surface area contributed by atoms with Crippen LogP contribution in [0.1, 0.15) is 71.9 Å². The summed E-state index contributed by atoms with van der Waals surface area (Å²) in [6, 6.07) is 16.7. The Labute approximate surface area is 226 Å². The average Bonchev–Trinajstić information content (AvgIpc) is 3.19. The highest BCUT2D eigenvalue weighted by Gasteiger charge is 2.46. The number of hydrogen-bond acceptors (Lipinski definition) is 3. The van der Waals surface area contributed by atoms with Gasteiger partial charge in [-0.1, -0.05) is 42.8 Å². The molecular formula is C32H41FN4O. The highest BCUT2D eigenvalue weighted by Crippen LogP contribution is 2.56. The summed E-state index contributed by atoms with van der Waals surface area (Å²) >= 11 is 0. The molecule has 0 spiro atoms. The summed E-state index contributed by atoms with van der Waals surface area (Å²) in [4.78, 5) is 15.3. The Morgan fingerprint density at radius 3 is 2.37 bits per heavy atom. The standard InChI is InChI=1S/C32H41FN4O/c1-21(2)37(22(3)4)31(38)36-29(23-9-7-6-8-10-23)17-25-11-12-26-18-30(24(20-34)19-32(25,26)5)35-28-15-13-27(33)14-16-28/h6-10,13-16,18,20-22,25,29,34-35H,11-12,17,19H2,1-5H3,(H,36,38)/t25-,29?,32-/m1/s1. The molecule has 4 rings (SSSR count). The highest BCUT2D eigenvalue weighted by atomic mass is 19.1. The topological polar surface area (TPSA) is 68.2 Å². The molecule has 0 aromatic heterocycles. The van der Waals surface area contributed by atoms with Crippen molar-refractivity contribution in [2.45, 2.75) is 78.4 Å². The normalized spacial score (nSPS) is 21.7. The van der Waals surface area contributed by atoms with Gasteiger partial charge in [0.15, 0.2) is 0 Å². The maximum atomic E-state index is 13.4. The number of carbonyl (C=O) groups excluding carboxylic acids is 1. The second-order valence-electron chi connectivity index (χ2n) is 11.5. The molecule has 1 fully saturated rings. The summed E-state index contributed by atoms with van der Waals surface area (Å²) in [6.45, 7) is 10.5. The number of amides is 2. The second kappa shape index (κ2) is 11.5. The fourth-order valence-corrected chi connectivity index (χ4v) is 6.30. The SMILES string of the molecule is CC(C)N(C(=O)NC(C[C@H]1CCC2=CC(Nc3ccc(F)cc3)=C(C=N)C[C@@]21C)c1ccccc1)C(C)C. The Morgan fingerprint density at radius 2 is 1.76 bits per heavy atom. The minimum atomic E-state index is -0.269. The number of hydrogen-bond donors (Lipinski definition) is 3. The Morgan fingerprint density at radius 1 is 1.11 bits per heavy atom. The van der Waals surface area contributed by atoms with Crippen LogP contribution in [0.4, 0.5) is 14.9 Å². The predicted octanol–water partition coefficient (Wildman–Crippen LogP) is 7.85. The number of nitrogens with one attached hydrogen (secondary N) is 3. The maximum absolute atomic E-state index is 13.4. The van der Waals surface area contributed by atoms with E-state index in [0.717, 1.165) is 48.2 Å². The molecule has 2 aliphatic carbocycles. The molecule has 202 valence electrons. The number of fused-ring (bicyclic) bond motifs is 1. The molecule has 0 bridgehead atoms. The molecule has 2 aliphatic rings. The molecule has 0 heterocycles. The van der Waals surface area contributed by atoms with Gasteiger partial charge in [-0.25, -0.2) is 9.18 Å². The third-order valence-corrected chi connectivity index (χ3v) is 8.28. The molecule has 2 amide bonds. The van der Waals surface area contributed by atoms with Gasteiger partial charge in [0.1, 0.15) is 5.82 Å². The molecule has 3 atom stereocenters. The van der Waals surface area contributed by atoms with E-state index in [1.54, 1.807) is 12.1 Å². The van der Waals surface area contributed by atoms with E-state index in [0.29, 0.717) is 5.92 Å². The van der Waals surface area contributed by atoms with Crippen molar-refractivity contribution in [1.29, 1.82) is 5.41 Å². The first-order chi connectivity index (χ1) is 18.1. The van der Waals surface area contributed by atoms with Crippen LogP contribution < -0.4 is 10.6 Å². The van der Waals surface area contributed by atoms with Crippen LogP contribution in [-0.4, -0.2) is 29.2 Å². The van der Waals surface area contributed by atoms with Gasteiger partial charge in [-0.2, -0.15) is 0 Å². The maximum Gasteiger partial charge on any atom is 0.318 e. The number of benzene rings is 2. The zero-order chi connectivity index (χ0) is 27.4. The van der Waals surface area contributed by atoms with Gasteiger partial charge in [-0.05, 0) is 106 Å². The first-order valence-electron chi connectivity index (χ1n) is 13.7. The molecule has 0 saturated heterocycles. The van der Waals surface area contributed by atoms with Gasteiger partial charge >= 0.3 is 6.03 Å². The number of rotatable bonds is 9. The van der Waals surface area contributed by atoms with Crippen LogP contribution in [0.3, 0.4) is 0 Å². The number of allylic oxidation sites excluding steroid dienone is 3. The van der Waals surface area contributed by atoms with Crippen molar-refractivity contribution < 1.29 is 9.18 Å². The summed E-state index contributed by atoms with van der Waals surface area (Å²) < 4.78 is 13.4. The number of urea groups is 1. The summed E-state index contributed by atoms with van der Waals surface area (Å²) in [6.07, 6.45) is 7.26. The van der Waals surface area contributed by atoms with Crippen LogP contribution in [0.25, 0.3) is 0 Å². The van der Waals surface area contributed by atoms with E-state index in [9.17, 15) is 9.18 Å². The molecular weight excluding hydrogens is 475 g/mol. The van der Waals surface area contributed by atoms with Crippen LogP contribution in [0.15, 0.2) is 77.5 Å². The Kier molecular flexibility index (Phi) is 8.39. The Hall–Kier alpha value is -3.41. The summed E-state index contributed by atoms with van der Waals surface area (Å²) in [5.74, 6) is 0.0862. The Balaban J connectivity index is 1.57. The van der Waals surface area contributed by atoms with E-state index in [4.69, 9.17) is 5.41 Å². The van der Waals surface area contributed by atoms with Gasteiger partial charge < -0.3 is 20.9 Å². The van der Waals surface area contributed by atoms with Gasteiger partial charge in [0, 0.05) is 29.7 Å². The van der Waals surface area contributed by atoms with E-state index in [1.165, 1.54) is 23.9 Å². The summed E-state index contributed by atoms with van der Waals surface area (Å²) in [5, 5.41) is 14.9. The van der Waals surface area contributed by atoms with Crippen LogP contribution in [0, 0.1) is 22.6 Å².